The lowest BCUT2D eigenvalue weighted by atomic mass is 10.2. The smallest absolute Gasteiger partial charge is 0.258 e. The maximum Gasteiger partial charge on any atom is 0.258 e. The fourth-order valence-corrected chi connectivity index (χ4v) is 4.31. The molecular formula is C13H6Br4FNO. The molecule has 0 saturated heterocycles. The molecule has 7 heteroatoms. The first-order chi connectivity index (χ1) is 9.38. The van der Waals surface area contributed by atoms with E-state index in [1.807, 2.05) is 0 Å². The van der Waals surface area contributed by atoms with Gasteiger partial charge in [-0.25, -0.2) is 4.39 Å². The van der Waals surface area contributed by atoms with Crippen LogP contribution in [0.1, 0.15) is 10.4 Å². The fraction of sp³-hybridized carbons (Fsp3) is 0. The highest BCUT2D eigenvalue weighted by Gasteiger charge is 2.15. The molecule has 0 spiro atoms. The van der Waals surface area contributed by atoms with Gasteiger partial charge in [0.15, 0.2) is 0 Å². The summed E-state index contributed by atoms with van der Waals surface area (Å²) in [5.74, 6) is -1.10. The van der Waals surface area contributed by atoms with E-state index in [1.165, 1.54) is 12.1 Å². The third-order valence-electron chi connectivity index (χ3n) is 2.42. The van der Waals surface area contributed by atoms with Crippen LogP contribution in [0.3, 0.4) is 0 Å². The molecule has 0 aromatic heterocycles. The first kappa shape index (κ1) is 16.1. The Bertz CT molecular complexity index is 667. The molecule has 0 bridgehead atoms. The van der Waals surface area contributed by atoms with Crippen LogP contribution in [0.4, 0.5) is 10.1 Å². The maximum atomic E-state index is 13.7. The summed E-state index contributed by atoms with van der Waals surface area (Å²) < 4.78 is 16.5. The van der Waals surface area contributed by atoms with Crippen LogP contribution in [0.2, 0.25) is 0 Å². The Labute approximate surface area is 148 Å². The lowest BCUT2D eigenvalue weighted by Gasteiger charge is -2.11. The Morgan fingerprint density at radius 1 is 0.950 bits per heavy atom. The second-order valence-electron chi connectivity index (χ2n) is 3.82. The summed E-state index contributed by atoms with van der Waals surface area (Å²) in [5, 5.41) is 2.67. The van der Waals surface area contributed by atoms with Crippen molar-refractivity contribution in [3.63, 3.8) is 0 Å². The summed E-state index contributed by atoms with van der Waals surface area (Å²) in [6, 6.07) is 7.87. The molecule has 20 heavy (non-hydrogen) atoms. The van der Waals surface area contributed by atoms with Crippen molar-refractivity contribution in [1.82, 2.24) is 0 Å². The number of rotatable bonds is 2. The zero-order valence-corrected chi connectivity index (χ0v) is 16.0. The van der Waals surface area contributed by atoms with Crippen LogP contribution in [-0.2, 0) is 0 Å². The predicted molar refractivity (Wildman–Crippen MR) is 91.6 cm³/mol. The standard InChI is InChI=1S/C13H6Br4FNO/c14-6-1-2-8(11(18)5-6)13(20)19-12-9(16)3-7(15)4-10(12)17/h1-5H,(H,19,20). The van der Waals surface area contributed by atoms with Gasteiger partial charge in [-0.3, -0.25) is 4.79 Å². The van der Waals surface area contributed by atoms with E-state index in [2.05, 4.69) is 69.0 Å². The molecule has 0 fully saturated rings. The van der Waals surface area contributed by atoms with Gasteiger partial charge in [0.25, 0.3) is 5.91 Å². The molecule has 0 radical (unpaired) electrons. The number of amides is 1. The highest BCUT2D eigenvalue weighted by atomic mass is 79.9. The number of halogens is 5. The van der Waals surface area contributed by atoms with Crippen molar-refractivity contribution in [2.24, 2.45) is 0 Å². The zero-order chi connectivity index (χ0) is 14.9. The average molecular weight is 531 g/mol. The number of anilines is 1. The summed E-state index contributed by atoms with van der Waals surface area (Å²) in [7, 11) is 0. The molecule has 2 aromatic carbocycles. The van der Waals surface area contributed by atoms with E-state index < -0.39 is 11.7 Å². The highest BCUT2D eigenvalue weighted by Crippen LogP contribution is 2.34. The predicted octanol–water partition coefficient (Wildman–Crippen LogP) is 6.13. The van der Waals surface area contributed by atoms with E-state index >= 15 is 0 Å². The minimum Gasteiger partial charge on any atom is -0.320 e. The molecule has 2 aromatic rings. The van der Waals surface area contributed by atoms with Gasteiger partial charge in [0.1, 0.15) is 5.82 Å². The van der Waals surface area contributed by atoms with E-state index in [0.717, 1.165) is 4.47 Å². The molecule has 2 nitrogen and oxygen atoms in total. The number of carbonyl (C=O) groups is 1. The molecule has 0 atom stereocenters. The third-order valence-corrected chi connectivity index (χ3v) is 4.62. The highest BCUT2D eigenvalue weighted by molar-refractivity contribution is 9.11. The lowest BCUT2D eigenvalue weighted by molar-refractivity contribution is 0.102. The monoisotopic (exact) mass is 527 g/mol. The van der Waals surface area contributed by atoms with Crippen LogP contribution in [0.25, 0.3) is 0 Å². The summed E-state index contributed by atoms with van der Waals surface area (Å²) in [6.07, 6.45) is 0. The molecule has 0 heterocycles. The molecule has 1 amide bonds. The number of hydrogen-bond donors (Lipinski definition) is 1. The SMILES string of the molecule is O=C(Nc1c(Br)cc(Br)cc1Br)c1ccc(Br)cc1F. The minimum absolute atomic E-state index is 0.0186. The molecule has 0 saturated carbocycles. The fourth-order valence-electron chi connectivity index (χ4n) is 1.52. The van der Waals surface area contributed by atoms with Gasteiger partial charge in [-0.1, -0.05) is 31.9 Å². The van der Waals surface area contributed by atoms with Crippen molar-refractivity contribution in [3.05, 3.63) is 59.6 Å². The minimum atomic E-state index is -0.582. The van der Waals surface area contributed by atoms with Crippen molar-refractivity contribution in [2.75, 3.05) is 5.32 Å². The Hall–Kier alpha value is -0.240. The quantitative estimate of drug-likeness (QED) is 0.497. The first-order valence-corrected chi connectivity index (χ1v) is 8.46. The van der Waals surface area contributed by atoms with Crippen molar-refractivity contribution in [1.29, 1.82) is 0 Å². The summed E-state index contributed by atoms with van der Waals surface area (Å²) >= 11 is 13.2. The largest absolute Gasteiger partial charge is 0.320 e. The number of hydrogen-bond acceptors (Lipinski definition) is 1. The number of benzene rings is 2. The maximum absolute atomic E-state index is 13.7. The van der Waals surface area contributed by atoms with Crippen molar-refractivity contribution >= 4 is 75.3 Å². The lowest BCUT2D eigenvalue weighted by Crippen LogP contribution is -2.14. The average Bonchev–Trinajstić information content (AvgIpc) is 2.33. The van der Waals surface area contributed by atoms with Crippen LogP contribution >= 0.6 is 63.7 Å². The molecular weight excluding hydrogens is 525 g/mol. The third kappa shape index (κ3) is 3.69. The van der Waals surface area contributed by atoms with Crippen LogP contribution in [0.15, 0.2) is 48.2 Å². The molecule has 0 aliphatic heterocycles. The van der Waals surface area contributed by atoms with Crippen molar-refractivity contribution < 1.29 is 9.18 Å². The second-order valence-corrected chi connectivity index (χ2v) is 7.36. The van der Waals surface area contributed by atoms with Gasteiger partial charge in [-0.05, 0) is 62.2 Å². The Morgan fingerprint density at radius 2 is 1.55 bits per heavy atom. The number of carbonyl (C=O) groups excluding carboxylic acids is 1. The number of nitrogens with one attached hydrogen (secondary N) is 1. The van der Waals surface area contributed by atoms with E-state index in [0.29, 0.717) is 19.1 Å². The van der Waals surface area contributed by atoms with E-state index in [-0.39, 0.29) is 5.56 Å². The van der Waals surface area contributed by atoms with Crippen LogP contribution in [0, 0.1) is 5.82 Å². The van der Waals surface area contributed by atoms with Gasteiger partial charge in [-0.15, -0.1) is 0 Å². The molecule has 0 aliphatic carbocycles. The van der Waals surface area contributed by atoms with Crippen molar-refractivity contribution in [3.8, 4) is 0 Å². The molecule has 104 valence electrons. The van der Waals surface area contributed by atoms with E-state index in [4.69, 9.17) is 0 Å². The Kier molecular flexibility index (Phi) is 5.39. The first-order valence-electron chi connectivity index (χ1n) is 5.29. The normalized spacial score (nSPS) is 10.4. The van der Waals surface area contributed by atoms with E-state index in [9.17, 15) is 9.18 Å². The van der Waals surface area contributed by atoms with Gasteiger partial charge < -0.3 is 5.32 Å². The Morgan fingerprint density at radius 3 is 2.10 bits per heavy atom. The van der Waals surface area contributed by atoms with Gasteiger partial charge in [0.05, 0.1) is 11.3 Å². The van der Waals surface area contributed by atoms with E-state index in [1.54, 1.807) is 18.2 Å². The Balaban J connectivity index is 2.33. The molecule has 1 N–H and O–H groups in total. The van der Waals surface area contributed by atoms with Gasteiger partial charge in [0.2, 0.25) is 0 Å². The van der Waals surface area contributed by atoms with Gasteiger partial charge in [0, 0.05) is 17.9 Å². The van der Waals surface area contributed by atoms with Crippen LogP contribution in [-0.4, -0.2) is 5.91 Å². The zero-order valence-electron chi connectivity index (χ0n) is 9.68. The second kappa shape index (κ2) is 6.68. The van der Waals surface area contributed by atoms with Gasteiger partial charge >= 0.3 is 0 Å². The van der Waals surface area contributed by atoms with Crippen LogP contribution < -0.4 is 5.32 Å². The molecule has 2 rings (SSSR count). The molecule has 0 aliphatic rings. The summed E-state index contributed by atoms with van der Waals surface area (Å²) in [5.41, 5.74) is 0.524. The molecule has 0 unspecified atom stereocenters. The van der Waals surface area contributed by atoms with Gasteiger partial charge in [-0.2, -0.15) is 0 Å². The summed E-state index contributed by atoms with van der Waals surface area (Å²) in [6.45, 7) is 0. The van der Waals surface area contributed by atoms with Crippen LogP contribution in [0.5, 0.6) is 0 Å². The topological polar surface area (TPSA) is 29.1 Å². The van der Waals surface area contributed by atoms with Crippen molar-refractivity contribution in [2.45, 2.75) is 0 Å². The summed E-state index contributed by atoms with van der Waals surface area (Å²) in [4.78, 5) is 12.1.